The number of methoxy groups -OCH3 is 1. The zero-order valence-corrected chi connectivity index (χ0v) is 12.2. The van der Waals surface area contributed by atoms with Crippen LogP contribution in [0, 0.1) is 5.92 Å². The fourth-order valence-electron chi connectivity index (χ4n) is 2.44. The summed E-state index contributed by atoms with van der Waals surface area (Å²) in [6, 6.07) is 0. The number of hydrogen-bond acceptors (Lipinski definition) is 4. The standard InChI is InChI=1S/C15H24N2O3/c1-4-8-17(9-5-2)14(18)12-16-10-6-7-13(11-16)15(19)20-3/h4-5,13H,1-2,6-12H2,3H3. The van der Waals surface area contributed by atoms with E-state index in [-0.39, 0.29) is 17.8 Å². The van der Waals surface area contributed by atoms with Gasteiger partial charge in [-0.3, -0.25) is 14.5 Å². The van der Waals surface area contributed by atoms with Gasteiger partial charge in [-0.25, -0.2) is 0 Å². The Morgan fingerprint density at radius 3 is 2.55 bits per heavy atom. The molecule has 112 valence electrons. The van der Waals surface area contributed by atoms with Crippen molar-refractivity contribution in [2.45, 2.75) is 12.8 Å². The Morgan fingerprint density at radius 2 is 2.00 bits per heavy atom. The molecule has 1 aliphatic rings. The van der Waals surface area contributed by atoms with Crippen molar-refractivity contribution in [1.82, 2.24) is 9.80 Å². The zero-order valence-electron chi connectivity index (χ0n) is 12.2. The second kappa shape index (κ2) is 8.53. The molecule has 0 aromatic rings. The predicted octanol–water partition coefficient (Wildman–Crippen LogP) is 1.07. The smallest absolute Gasteiger partial charge is 0.309 e. The van der Waals surface area contributed by atoms with E-state index < -0.39 is 0 Å². The summed E-state index contributed by atoms with van der Waals surface area (Å²) in [7, 11) is 1.41. The van der Waals surface area contributed by atoms with Gasteiger partial charge in [0.2, 0.25) is 5.91 Å². The van der Waals surface area contributed by atoms with Crippen LogP contribution in [-0.4, -0.2) is 61.5 Å². The number of piperidine rings is 1. The average Bonchev–Trinajstić information content (AvgIpc) is 2.46. The first kappa shape index (κ1) is 16.4. The molecule has 0 bridgehead atoms. The van der Waals surface area contributed by atoms with Gasteiger partial charge < -0.3 is 9.64 Å². The van der Waals surface area contributed by atoms with Gasteiger partial charge in [0, 0.05) is 19.6 Å². The topological polar surface area (TPSA) is 49.9 Å². The van der Waals surface area contributed by atoms with E-state index in [1.165, 1.54) is 7.11 Å². The van der Waals surface area contributed by atoms with E-state index in [2.05, 4.69) is 13.2 Å². The quantitative estimate of drug-likeness (QED) is 0.517. The maximum Gasteiger partial charge on any atom is 0.309 e. The fraction of sp³-hybridized carbons (Fsp3) is 0.600. The summed E-state index contributed by atoms with van der Waals surface area (Å²) in [4.78, 5) is 27.5. The summed E-state index contributed by atoms with van der Waals surface area (Å²) >= 11 is 0. The number of amides is 1. The van der Waals surface area contributed by atoms with Gasteiger partial charge in [0.25, 0.3) is 0 Å². The minimum atomic E-state index is -0.184. The lowest BCUT2D eigenvalue weighted by atomic mass is 9.98. The molecule has 0 aliphatic carbocycles. The second-order valence-corrected chi connectivity index (χ2v) is 4.97. The van der Waals surface area contributed by atoms with Gasteiger partial charge in [-0.15, -0.1) is 13.2 Å². The summed E-state index contributed by atoms with van der Waals surface area (Å²) in [5, 5.41) is 0. The zero-order chi connectivity index (χ0) is 15.0. The van der Waals surface area contributed by atoms with Crippen molar-refractivity contribution in [3.63, 3.8) is 0 Å². The highest BCUT2D eigenvalue weighted by Gasteiger charge is 2.28. The molecule has 1 heterocycles. The molecule has 0 radical (unpaired) electrons. The number of carbonyl (C=O) groups excluding carboxylic acids is 2. The number of nitrogens with zero attached hydrogens (tertiary/aromatic N) is 2. The van der Waals surface area contributed by atoms with E-state index in [0.717, 1.165) is 19.4 Å². The Hall–Kier alpha value is -1.62. The molecule has 20 heavy (non-hydrogen) atoms. The summed E-state index contributed by atoms with van der Waals surface area (Å²) in [5.41, 5.74) is 0. The van der Waals surface area contributed by atoms with Crippen LogP contribution in [0.25, 0.3) is 0 Å². The van der Waals surface area contributed by atoms with Crippen LogP contribution in [0.1, 0.15) is 12.8 Å². The van der Waals surface area contributed by atoms with Crippen LogP contribution in [0.5, 0.6) is 0 Å². The van der Waals surface area contributed by atoms with Crippen LogP contribution in [0.3, 0.4) is 0 Å². The summed E-state index contributed by atoms with van der Waals surface area (Å²) in [6.07, 6.45) is 5.15. The average molecular weight is 280 g/mol. The van der Waals surface area contributed by atoms with Gasteiger partial charge >= 0.3 is 5.97 Å². The van der Waals surface area contributed by atoms with Crippen LogP contribution < -0.4 is 0 Å². The summed E-state index contributed by atoms with van der Waals surface area (Å²) in [5.74, 6) is -0.264. The third-order valence-electron chi connectivity index (χ3n) is 3.45. The molecule has 0 saturated carbocycles. The fourth-order valence-corrected chi connectivity index (χ4v) is 2.44. The Kier molecular flexibility index (Phi) is 7.01. The molecule has 0 N–H and O–H groups in total. The lowest BCUT2D eigenvalue weighted by Gasteiger charge is -2.32. The Balaban J connectivity index is 2.53. The molecule has 1 saturated heterocycles. The molecule has 0 spiro atoms. The van der Waals surface area contributed by atoms with Crippen LogP contribution in [0.15, 0.2) is 25.3 Å². The maximum atomic E-state index is 12.2. The molecule has 1 fully saturated rings. The van der Waals surface area contributed by atoms with Crippen LogP contribution in [0.4, 0.5) is 0 Å². The van der Waals surface area contributed by atoms with Gasteiger partial charge in [-0.2, -0.15) is 0 Å². The second-order valence-electron chi connectivity index (χ2n) is 4.97. The first-order valence-electron chi connectivity index (χ1n) is 6.92. The van der Waals surface area contributed by atoms with Crippen molar-refractivity contribution in [2.75, 3.05) is 39.8 Å². The largest absolute Gasteiger partial charge is 0.469 e. The minimum absolute atomic E-state index is 0.0373. The Labute approximate surface area is 120 Å². The third kappa shape index (κ3) is 4.81. The van der Waals surface area contributed by atoms with E-state index >= 15 is 0 Å². The van der Waals surface area contributed by atoms with Crippen molar-refractivity contribution in [2.24, 2.45) is 5.92 Å². The first-order chi connectivity index (χ1) is 9.62. The monoisotopic (exact) mass is 280 g/mol. The summed E-state index contributed by atoms with van der Waals surface area (Å²) < 4.78 is 4.78. The number of ether oxygens (including phenoxy) is 1. The van der Waals surface area contributed by atoms with Gasteiger partial charge in [0.05, 0.1) is 19.6 Å². The SMILES string of the molecule is C=CCN(CC=C)C(=O)CN1CCCC(C(=O)OC)C1. The number of likely N-dealkylation sites (tertiary alicyclic amines) is 1. The molecule has 0 aromatic carbocycles. The lowest BCUT2D eigenvalue weighted by Crippen LogP contribution is -2.45. The predicted molar refractivity (Wildman–Crippen MR) is 78.2 cm³/mol. The van der Waals surface area contributed by atoms with E-state index in [0.29, 0.717) is 26.2 Å². The van der Waals surface area contributed by atoms with Gasteiger partial charge in [-0.1, -0.05) is 12.2 Å². The van der Waals surface area contributed by atoms with Gasteiger partial charge in [0.1, 0.15) is 0 Å². The highest BCUT2D eigenvalue weighted by Crippen LogP contribution is 2.17. The van der Waals surface area contributed by atoms with Gasteiger partial charge in [-0.05, 0) is 19.4 Å². The van der Waals surface area contributed by atoms with E-state index in [1.807, 2.05) is 4.90 Å². The molecule has 1 amide bonds. The molecule has 5 heteroatoms. The van der Waals surface area contributed by atoms with Crippen molar-refractivity contribution < 1.29 is 14.3 Å². The number of hydrogen-bond donors (Lipinski definition) is 0. The Morgan fingerprint density at radius 1 is 1.35 bits per heavy atom. The number of carbonyl (C=O) groups is 2. The minimum Gasteiger partial charge on any atom is -0.469 e. The summed E-state index contributed by atoms with van der Waals surface area (Å²) in [6.45, 7) is 10.1. The third-order valence-corrected chi connectivity index (χ3v) is 3.45. The molecule has 1 unspecified atom stereocenters. The lowest BCUT2D eigenvalue weighted by molar-refractivity contribution is -0.148. The van der Waals surface area contributed by atoms with E-state index in [1.54, 1.807) is 17.1 Å². The molecule has 0 aromatic heterocycles. The maximum absolute atomic E-state index is 12.2. The van der Waals surface area contributed by atoms with Crippen LogP contribution >= 0.6 is 0 Å². The van der Waals surface area contributed by atoms with E-state index in [9.17, 15) is 9.59 Å². The van der Waals surface area contributed by atoms with Crippen molar-refractivity contribution in [3.8, 4) is 0 Å². The van der Waals surface area contributed by atoms with E-state index in [4.69, 9.17) is 4.74 Å². The molecular weight excluding hydrogens is 256 g/mol. The molecule has 1 atom stereocenters. The highest BCUT2D eigenvalue weighted by atomic mass is 16.5. The van der Waals surface area contributed by atoms with Gasteiger partial charge in [0.15, 0.2) is 0 Å². The van der Waals surface area contributed by atoms with Crippen LogP contribution in [-0.2, 0) is 14.3 Å². The molecular formula is C15H24N2O3. The normalized spacial score (nSPS) is 19.1. The molecule has 1 rings (SSSR count). The highest BCUT2D eigenvalue weighted by molar-refractivity contribution is 5.79. The van der Waals surface area contributed by atoms with Crippen LogP contribution in [0.2, 0.25) is 0 Å². The van der Waals surface area contributed by atoms with Crippen molar-refractivity contribution >= 4 is 11.9 Å². The van der Waals surface area contributed by atoms with Crippen molar-refractivity contribution in [3.05, 3.63) is 25.3 Å². The Bertz CT molecular complexity index is 358. The first-order valence-corrected chi connectivity index (χ1v) is 6.92. The van der Waals surface area contributed by atoms with Crippen molar-refractivity contribution in [1.29, 1.82) is 0 Å². The molecule has 5 nitrogen and oxygen atoms in total. The number of rotatable bonds is 7. The molecule has 1 aliphatic heterocycles. The number of esters is 1.